The molecule has 4 heteroatoms. The minimum atomic E-state index is 0.260. The highest BCUT2D eigenvalue weighted by Gasteiger charge is 2.20. The van der Waals surface area contributed by atoms with Crippen molar-refractivity contribution in [3.05, 3.63) is 17.7 Å². The normalized spacial score (nSPS) is 16.3. The third kappa shape index (κ3) is 4.27. The van der Waals surface area contributed by atoms with Gasteiger partial charge in [-0.3, -0.25) is 0 Å². The van der Waals surface area contributed by atoms with Crippen molar-refractivity contribution in [1.82, 2.24) is 0 Å². The van der Waals surface area contributed by atoms with Crippen molar-refractivity contribution in [3.63, 3.8) is 0 Å². The smallest absolute Gasteiger partial charge is 0.203 e. The van der Waals surface area contributed by atoms with Crippen molar-refractivity contribution in [2.24, 2.45) is 5.73 Å². The number of methoxy groups -OCH3 is 2. The van der Waals surface area contributed by atoms with Crippen LogP contribution in [0.1, 0.15) is 44.1 Å². The lowest BCUT2D eigenvalue weighted by atomic mass is 10.1. The van der Waals surface area contributed by atoms with Crippen LogP contribution in [0, 0.1) is 0 Å². The third-order valence-corrected chi connectivity index (χ3v) is 4.04. The van der Waals surface area contributed by atoms with E-state index in [1.54, 1.807) is 14.2 Å². The Balaban J connectivity index is 2.23. The van der Waals surface area contributed by atoms with Crippen LogP contribution in [0.2, 0.25) is 0 Å². The van der Waals surface area contributed by atoms with Crippen molar-refractivity contribution in [1.29, 1.82) is 0 Å². The SMILES string of the molecule is COc1cc(CCN)cc(OC)c1OC1CCCCCC1. The summed E-state index contributed by atoms with van der Waals surface area (Å²) in [6, 6.07) is 4.00. The lowest BCUT2D eigenvalue weighted by Crippen LogP contribution is -2.16. The van der Waals surface area contributed by atoms with Crippen LogP contribution in [-0.4, -0.2) is 26.9 Å². The van der Waals surface area contributed by atoms with Gasteiger partial charge >= 0.3 is 0 Å². The summed E-state index contributed by atoms with van der Waals surface area (Å²) in [4.78, 5) is 0. The number of hydrogen-bond donors (Lipinski definition) is 1. The zero-order valence-electron chi connectivity index (χ0n) is 13.2. The van der Waals surface area contributed by atoms with E-state index >= 15 is 0 Å². The Hall–Kier alpha value is -1.42. The first-order valence-electron chi connectivity index (χ1n) is 7.90. The minimum Gasteiger partial charge on any atom is -0.493 e. The molecule has 21 heavy (non-hydrogen) atoms. The number of hydrogen-bond acceptors (Lipinski definition) is 4. The topological polar surface area (TPSA) is 53.7 Å². The molecule has 1 saturated carbocycles. The second kappa shape index (κ2) is 8.13. The molecule has 0 unspecified atom stereocenters. The molecule has 0 saturated heterocycles. The van der Waals surface area contributed by atoms with E-state index < -0.39 is 0 Å². The molecule has 0 aromatic heterocycles. The molecule has 0 amide bonds. The summed E-state index contributed by atoms with van der Waals surface area (Å²) >= 11 is 0. The second-order valence-corrected chi connectivity index (χ2v) is 5.60. The highest BCUT2D eigenvalue weighted by Crippen LogP contribution is 2.40. The summed E-state index contributed by atoms with van der Waals surface area (Å²) in [6.07, 6.45) is 8.37. The summed E-state index contributed by atoms with van der Waals surface area (Å²) in [6.45, 7) is 0.606. The highest BCUT2D eigenvalue weighted by atomic mass is 16.5. The lowest BCUT2D eigenvalue weighted by Gasteiger charge is -2.21. The van der Waals surface area contributed by atoms with Crippen LogP contribution in [0.15, 0.2) is 12.1 Å². The van der Waals surface area contributed by atoms with Crippen LogP contribution in [-0.2, 0) is 6.42 Å². The molecule has 0 bridgehead atoms. The van der Waals surface area contributed by atoms with E-state index in [1.165, 1.54) is 25.7 Å². The quantitative estimate of drug-likeness (QED) is 0.818. The van der Waals surface area contributed by atoms with E-state index in [0.717, 1.165) is 42.1 Å². The molecule has 0 radical (unpaired) electrons. The minimum absolute atomic E-state index is 0.260. The Labute approximate surface area is 127 Å². The Kier molecular flexibility index (Phi) is 6.18. The van der Waals surface area contributed by atoms with Gasteiger partial charge in [-0.1, -0.05) is 12.8 Å². The monoisotopic (exact) mass is 293 g/mol. The molecule has 1 aliphatic rings. The number of benzene rings is 1. The van der Waals surface area contributed by atoms with Gasteiger partial charge in [0.15, 0.2) is 11.5 Å². The Morgan fingerprint density at radius 3 is 2.05 bits per heavy atom. The van der Waals surface area contributed by atoms with Crippen molar-refractivity contribution in [2.45, 2.75) is 51.0 Å². The van der Waals surface area contributed by atoms with Crippen molar-refractivity contribution >= 4 is 0 Å². The first-order valence-corrected chi connectivity index (χ1v) is 7.90. The van der Waals surface area contributed by atoms with E-state index in [1.807, 2.05) is 12.1 Å². The summed E-state index contributed by atoms with van der Waals surface area (Å²) in [5.74, 6) is 2.21. The maximum atomic E-state index is 6.23. The molecule has 0 aliphatic heterocycles. The van der Waals surface area contributed by atoms with Gasteiger partial charge in [0.2, 0.25) is 5.75 Å². The van der Waals surface area contributed by atoms with Gasteiger partial charge < -0.3 is 19.9 Å². The fraction of sp³-hybridized carbons (Fsp3) is 0.647. The van der Waals surface area contributed by atoms with Gasteiger partial charge in [0.25, 0.3) is 0 Å². The summed E-state index contributed by atoms with van der Waals surface area (Å²) in [5, 5.41) is 0. The van der Waals surface area contributed by atoms with Crippen LogP contribution < -0.4 is 19.9 Å². The fourth-order valence-electron chi connectivity index (χ4n) is 2.89. The van der Waals surface area contributed by atoms with Crippen molar-refractivity contribution in [2.75, 3.05) is 20.8 Å². The van der Waals surface area contributed by atoms with Crippen LogP contribution >= 0.6 is 0 Å². The van der Waals surface area contributed by atoms with Crippen molar-refractivity contribution < 1.29 is 14.2 Å². The fourth-order valence-corrected chi connectivity index (χ4v) is 2.89. The average molecular weight is 293 g/mol. The first-order chi connectivity index (χ1) is 10.3. The van der Waals surface area contributed by atoms with Crippen LogP contribution in [0.25, 0.3) is 0 Å². The van der Waals surface area contributed by atoms with Gasteiger partial charge in [0, 0.05) is 0 Å². The lowest BCUT2D eigenvalue weighted by molar-refractivity contribution is 0.169. The van der Waals surface area contributed by atoms with Crippen molar-refractivity contribution in [3.8, 4) is 17.2 Å². The highest BCUT2D eigenvalue weighted by molar-refractivity contribution is 5.54. The van der Waals surface area contributed by atoms with E-state index in [0.29, 0.717) is 6.54 Å². The molecule has 0 heterocycles. The molecule has 118 valence electrons. The van der Waals surface area contributed by atoms with Gasteiger partial charge in [0.1, 0.15) is 0 Å². The first kappa shape index (κ1) is 16.0. The summed E-state index contributed by atoms with van der Waals surface area (Å²) in [7, 11) is 3.34. The molecule has 0 atom stereocenters. The van der Waals surface area contributed by atoms with E-state index in [4.69, 9.17) is 19.9 Å². The van der Waals surface area contributed by atoms with E-state index in [2.05, 4.69) is 0 Å². The predicted octanol–water partition coefficient (Wildman–Crippen LogP) is 3.31. The molecule has 2 rings (SSSR count). The van der Waals surface area contributed by atoms with E-state index in [-0.39, 0.29) is 6.10 Å². The largest absolute Gasteiger partial charge is 0.493 e. The average Bonchev–Trinajstić information content (AvgIpc) is 2.77. The summed E-state index contributed by atoms with van der Waals surface area (Å²) < 4.78 is 17.2. The molecule has 1 aliphatic carbocycles. The van der Waals surface area contributed by atoms with Gasteiger partial charge in [-0.2, -0.15) is 0 Å². The molecule has 1 aromatic rings. The summed E-state index contributed by atoms with van der Waals surface area (Å²) in [5.41, 5.74) is 6.75. The molecular weight excluding hydrogens is 266 g/mol. The zero-order chi connectivity index (χ0) is 15.1. The molecule has 1 fully saturated rings. The maximum absolute atomic E-state index is 6.23. The van der Waals surface area contributed by atoms with Gasteiger partial charge in [-0.05, 0) is 56.3 Å². The third-order valence-electron chi connectivity index (χ3n) is 4.04. The molecule has 2 N–H and O–H groups in total. The van der Waals surface area contributed by atoms with Gasteiger partial charge in [0.05, 0.1) is 20.3 Å². The number of nitrogens with two attached hydrogens (primary N) is 1. The van der Waals surface area contributed by atoms with Crippen LogP contribution in [0.3, 0.4) is 0 Å². The molecule has 1 aromatic carbocycles. The standard InChI is InChI=1S/C17H27NO3/c1-19-15-11-13(9-10-18)12-16(20-2)17(15)21-14-7-5-3-4-6-8-14/h11-12,14H,3-10,18H2,1-2H3. The maximum Gasteiger partial charge on any atom is 0.203 e. The molecule has 0 spiro atoms. The number of ether oxygens (including phenoxy) is 3. The van der Waals surface area contributed by atoms with Gasteiger partial charge in [-0.25, -0.2) is 0 Å². The van der Waals surface area contributed by atoms with E-state index in [9.17, 15) is 0 Å². The Morgan fingerprint density at radius 2 is 1.57 bits per heavy atom. The predicted molar refractivity (Wildman–Crippen MR) is 84.4 cm³/mol. The Morgan fingerprint density at radius 1 is 1.00 bits per heavy atom. The van der Waals surface area contributed by atoms with Crippen LogP contribution in [0.5, 0.6) is 17.2 Å². The molecular formula is C17H27NO3. The number of rotatable bonds is 6. The molecule has 4 nitrogen and oxygen atoms in total. The van der Waals surface area contributed by atoms with Crippen LogP contribution in [0.4, 0.5) is 0 Å². The Bertz CT molecular complexity index is 415. The second-order valence-electron chi connectivity index (χ2n) is 5.60. The zero-order valence-corrected chi connectivity index (χ0v) is 13.2. The van der Waals surface area contributed by atoms with Gasteiger partial charge in [-0.15, -0.1) is 0 Å².